The van der Waals surface area contributed by atoms with Gasteiger partial charge >= 0.3 is 5.97 Å². The molecular formula is C12H19N3O5S. The number of carboxylic acid groups (broad SMARTS) is 1. The Morgan fingerprint density at radius 1 is 1.33 bits per heavy atom. The van der Waals surface area contributed by atoms with E-state index in [-0.39, 0.29) is 10.6 Å². The third kappa shape index (κ3) is 3.82. The van der Waals surface area contributed by atoms with Crippen molar-refractivity contribution in [3.05, 3.63) is 18.0 Å². The first-order valence-corrected chi connectivity index (χ1v) is 7.72. The van der Waals surface area contributed by atoms with Crippen LogP contribution in [0.2, 0.25) is 0 Å². The third-order valence-corrected chi connectivity index (χ3v) is 4.37. The standard InChI is InChI=1S/C12H19N3O5S/c1-7(2)10(12(17)18)14-21(19,20)8-5-9(11(16)13-3)15(4)6-8/h5-7,10,14H,1-4H3,(H,13,16)(H,17,18)/t10-/m0/s1. The lowest BCUT2D eigenvalue weighted by molar-refractivity contribution is -0.140. The van der Waals surface area contributed by atoms with Gasteiger partial charge in [0, 0.05) is 20.3 Å². The molecule has 0 saturated carbocycles. The van der Waals surface area contributed by atoms with Crippen molar-refractivity contribution >= 4 is 21.9 Å². The molecule has 1 rings (SSSR count). The second-order valence-corrected chi connectivity index (χ2v) is 6.65. The normalized spacial score (nSPS) is 13.2. The predicted molar refractivity (Wildman–Crippen MR) is 75.4 cm³/mol. The molecule has 0 radical (unpaired) electrons. The SMILES string of the molecule is CNC(=O)c1cc(S(=O)(=O)N[C@H](C(=O)O)C(C)C)cn1C. The number of rotatable bonds is 6. The number of carboxylic acids is 1. The Balaban J connectivity index is 3.14. The van der Waals surface area contributed by atoms with Gasteiger partial charge in [-0.15, -0.1) is 0 Å². The van der Waals surface area contributed by atoms with E-state index in [4.69, 9.17) is 5.11 Å². The van der Waals surface area contributed by atoms with E-state index in [0.29, 0.717) is 0 Å². The summed E-state index contributed by atoms with van der Waals surface area (Å²) in [5.74, 6) is -2.10. The molecule has 118 valence electrons. The number of hydrogen-bond acceptors (Lipinski definition) is 4. The van der Waals surface area contributed by atoms with Gasteiger partial charge in [0.05, 0.1) is 0 Å². The van der Waals surface area contributed by atoms with Crippen LogP contribution in [0.1, 0.15) is 24.3 Å². The van der Waals surface area contributed by atoms with Crippen LogP contribution in [0.3, 0.4) is 0 Å². The van der Waals surface area contributed by atoms with Crippen LogP contribution in [0.4, 0.5) is 0 Å². The molecule has 0 aliphatic heterocycles. The van der Waals surface area contributed by atoms with Crippen molar-refractivity contribution < 1.29 is 23.1 Å². The van der Waals surface area contributed by atoms with Crippen molar-refractivity contribution in [3.63, 3.8) is 0 Å². The van der Waals surface area contributed by atoms with E-state index in [1.807, 2.05) is 0 Å². The van der Waals surface area contributed by atoms with Gasteiger partial charge in [-0.2, -0.15) is 4.72 Å². The minimum absolute atomic E-state index is 0.157. The third-order valence-electron chi connectivity index (χ3n) is 2.96. The fraction of sp³-hybridized carbons (Fsp3) is 0.500. The number of aliphatic carboxylic acids is 1. The van der Waals surface area contributed by atoms with Gasteiger partial charge in [0.1, 0.15) is 16.6 Å². The lowest BCUT2D eigenvalue weighted by atomic mass is 10.1. The van der Waals surface area contributed by atoms with Crippen molar-refractivity contribution in [1.82, 2.24) is 14.6 Å². The van der Waals surface area contributed by atoms with E-state index < -0.39 is 33.9 Å². The molecule has 1 aromatic heterocycles. The molecule has 1 amide bonds. The first kappa shape index (κ1) is 17.2. The average molecular weight is 317 g/mol. The van der Waals surface area contributed by atoms with Crippen molar-refractivity contribution in [1.29, 1.82) is 0 Å². The molecule has 0 aliphatic rings. The van der Waals surface area contributed by atoms with Gasteiger partial charge in [-0.05, 0) is 12.0 Å². The number of aromatic nitrogens is 1. The van der Waals surface area contributed by atoms with Crippen molar-refractivity contribution in [3.8, 4) is 0 Å². The fourth-order valence-electron chi connectivity index (χ4n) is 1.74. The zero-order valence-corrected chi connectivity index (χ0v) is 13.1. The van der Waals surface area contributed by atoms with Gasteiger partial charge in [-0.3, -0.25) is 9.59 Å². The molecule has 0 bridgehead atoms. The van der Waals surface area contributed by atoms with E-state index in [1.165, 1.54) is 30.9 Å². The molecule has 1 heterocycles. The number of carbonyl (C=O) groups excluding carboxylic acids is 1. The number of carbonyl (C=O) groups is 2. The van der Waals surface area contributed by atoms with Gasteiger partial charge in [0.15, 0.2) is 0 Å². The number of hydrogen-bond donors (Lipinski definition) is 3. The second kappa shape index (κ2) is 6.27. The molecule has 0 saturated heterocycles. The molecule has 1 atom stereocenters. The van der Waals surface area contributed by atoms with Crippen LogP contribution in [-0.4, -0.2) is 43.1 Å². The summed E-state index contributed by atoms with van der Waals surface area (Å²) >= 11 is 0. The number of nitrogens with one attached hydrogen (secondary N) is 2. The summed E-state index contributed by atoms with van der Waals surface area (Å²) in [5.41, 5.74) is 0.161. The minimum atomic E-state index is -4.02. The molecule has 1 aromatic rings. The minimum Gasteiger partial charge on any atom is -0.480 e. The van der Waals surface area contributed by atoms with Crippen molar-refractivity contribution in [2.45, 2.75) is 24.8 Å². The molecule has 0 spiro atoms. The maximum atomic E-state index is 12.2. The van der Waals surface area contributed by atoms with E-state index in [2.05, 4.69) is 10.0 Å². The van der Waals surface area contributed by atoms with Gasteiger partial charge < -0.3 is 15.0 Å². The maximum Gasteiger partial charge on any atom is 0.322 e. The fourth-order valence-corrected chi connectivity index (χ4v) is 3.15. The summed E-state index contributed by atoms with van der Waals surface area (Å²) in [7, 11) is -1.06. The van der Waals surface area contributed by atoms with Crippen LogP contribution >= 0.6 is 0 Å². The van der Waals surface area contributed by atoms with Gasteiger partial charge in [0.25, 0.3) is 5.91 Å². The molecule has 0 unspecified atom stereocenters. The number of aryl methyl sites for hydroxylation is 1. The van der Waals surface area contributed by atoms with Crippen LogP contribution < -0.4 is 10.0 Å². The Bertz CT molecular complexity index is 648. The smallest absolute Gasteiger partial charge is 0.322 e. The van der Waals surface area contributed by atoms with Gasteiger partial charge in [-0.25, -0.2) is 8.42 Å². The Kier molecular flexibility index (Phi) is 5.13. The maximum absolute atomic E-state index is 12.2. The number of sulfonamides is 1. The monoisotopic (exact) mass is 317 g/mol. The molecular weight excluding hydrogens is 298 g/mol. The first-order valence-electron chi connectivity index (χ1n) is 6.23. The molecule has 0 fully saturated rings. The predicted octanol–water partition coefficient (Wildman–Crippen LogP) is -0.228. The first-order chi connectivity index (χ1) is 9.60. The molecule has 8 nitrogen and oxygen atoms in total. The summed E-state index contributed by atoms with van der Waals surface area (Å²) in [5, 5.41) is 11.4. The molecule has 3 N–H and O–H groups in total. The van der Waals surface area contributed by atoms with Crippen LogP contribution in [0, 0.1) is 5.92 Å². The Morgan fingerprint density at radius 2 is 1.90 bits per heavy atom. The zero-order valence-electron chi connectivity index (χ0n) is 12.2. The van der Waals surface area contributed by atoms with E-state index in [0.717, 1.165) is 0 Å². The second-order valence-electron chi connectivity index (χ2n) is 4.93. The quantitative estimate of drug-likeness (QED) is 0.670. The topological polar surface area (TPSA) is 118 Å². The molecule has 21 heavy (non-hydrogen) atoms. The zero-order chi connectivity index (χ0) is 16.4. The Hall–Kier alpha value is -1.87. The molecule has 0 aromatic carbocycles. The molecule has 9 heteroatoms. The Morgan fingerprint density at radius 3 is 2.33 bits per heavy atom. The van der Waals surface area contributed by atoms with Crippen LogP contribution in [0.5, 0.6) is 0 Å². The van der Waals surface area contributed by atoms with Gasteiger partial charge in [-0.1, -0.05) is 13.8 Å². The highest BCUT2D eigenvalue weighted by atomic mass is 32.2. The molecule has 0 aliphatic carbocycles. The highest BCUT2D eigenvalue weighted by Gasteiger charge is 2.29. The van der Waals surface area contributed by atoms with Crippen molar-refractivity contribution in [2.75, 3.05) is 7.05 Å². The van der Waals surface area contributed by atoms with Crippen LogP contribution in [0.25, 0.3) is 0 Å². The summed E-state index contributed by atoms with van der Waals surface area (Å²) in [6.07, 6.45) is 1.26. The van der Waals surface area contributed by atoms with Crippen molar-refractivity contribution in [2.24, 2.45) is 13.0 Å². The number of amides is 1. The van der Waals surface area contributed by atoms with E-state index in [1.54, 1.807) is 13.8 Å². The highest BCUT2D eigenvalue weighted by molar-refractivity contribution is 7.89. The van der Waals surface area contributed by atoms with E-state index >= 15 is 0 Å². The Labute approximate surface area is 123 Å². The van der Waals surface area contributed by atoms with Gasteiger partial charge in [0.2, 0.25) is 10.0 Å². The van der Waals surface area contributed by atoms with Crippen LogP contribution in [0.15, 0.2) is 17.2 Å². The summed E-state index contributed by atoms with van der Waals surface area (Å²) in [6.45, 7) is 3.20. The summed E-state index contributed by atoms with van der Waals surface area (Å²) in [6, 6.07) is -0.0425. The lowest BCUT2D eigenvalue weighted by Gasteiger charge is -2.17. The highest BCUT2D eigenvalue weighted by Crippen LogP contribution is 2.15. The van der Waals surface area contributed by atoms with E-state index in [9.17, 15) is 18.0 Å². The van der Waals surface area contributed by atoms with Crippen LogP contribution in [-0.2, 0) is 21.9 Å². The number of nitrogens with zero attached hydrogens (tertiary/aromatic N) is 1. The largest absolute Gasteiger partial charge is 0.480 e. The lowest BCUT2D eigenvalue weighted by Crippen LogP contribution is -2.44. The summed E-state index contributed by atoms with van der Waals surface area (Å²) < 4.78 is 27.9. The average Bonchev–Trinajstić information content (AvgIpc) is 2.77. The summed E-state index contributed by atoms with van der Waals surface area (Å²) in [4.78, 5) is 22.5.